The van der Waals surface area contributed by atoms with Crippen LogP contribution < -0.4 is 15.8 Å². The summed E-state index contributed by atoms with van der Waals surface area (Å²) in [6, 6.07) is 6.05. The SMILES string of the molecule is NC(=O)CNC(=O)CCCOc1ccccc1F. The Balaban J connectivity index is 2.17. The van der Waals surface area contributed by atoms with Crippen LogP contribution in [0.25, 0.3) is 0 Å². The van der Waals surface area contributed by atoms with Crippen LogP contribution in [0.2, 0.25) is 0 Å². The Bertz CT molecular complexity index is 424. The van der Waals surface area contributed by atoms with Crippen LogP contribution in [0.3, 0.4) is 0 Å². The number of hydrogen-bond acceptors (Lipinski definition) is 3. The molecule has 0 spiro atoms. The van der Waals surface area contributed by atoms with E-state index in [1.54, 1.807) is 12.1 Å². The molecule has 0 heterocycles. The third-order valence-corrected chi connectivity index (χ3v) is 2.10. The predicted octanol–water partition coefficient (Wildman–Crippen LogP) is 0.586. The van der Waals surface area contributed by atoms with Gasteiger partial charge in [0.1, 0.15) is 0 Å². The molecule has 5 nitrogen and oxygen atoms in total. The molecule has 6 heteroatoms. The van der Waals surface area contributed by atoms with E-state index in [-0.39, 0.29) is 31.2 Å². The highest BCUT2D eigenvalue weighted by atomic mass is 19.1. The van der Waals surface area contributed by atoms with Crippen LogP contribution in [0.5, 0.6) is 5.75 Å². The highest BCUT2D eigenvalue weighted by Crippen LogP contribution is 2.15. The molecule has 0 saturated heterocycles. The molecule has 0 bridgehead atoms. The number of amides is 2. The van der Waals surface area contributed by atoms with E-state index in [9.17, 15) is 14.0 Å². The lowest BCUT2D eigenvalue weighted by molar-refractivity contribution is -0.124. The standard InChI is InChI=1S/C12H15FN2O3/c13-9-4-1-2-5-10(9)18-7-3-6-12(17)15-8-11(14)16/h1-2,4-5H,3,6-8H2,(H2,14,16)(H,15,17). The highest BCUT2D eigenvalue weighted by Gasteiger charge is 2.04. The number of ether oxygens (including phenoxy) is 1. The molecule has 0 radical (unpaired) electrons. The fraction of sp³-hybridized carbons (Fsp3) is 0.333. The number of nitrogens with one attached hydrogen (secondary N) is 1. The molecule has 0 aliphatic rings. The van der Waals surface area contributed by atoms with Gasteiger partial charge in [-0.1, -0.05) is 12.1 Å². The molecule has 98 valence electrons. The molecule has 0 aliphatic carbocycles. The van der Waals surface area contributed by atoms with Crippen molar-refractivity contribution in [3.63, 3.8) is 0 Å². The van der Waals surface area contributed by atoms with Crippen LogP contribution in [-0.2, 0) is 9.59 Å². The summed E-state index contributed by atoms with van der Waals surface area (Å²) >= 11 is 0. The summed E-state index contributed by atoms with van der Waals surface area (Å²) in [5.41, 5.74) is 4.87. The Hall–Kier alpha value is -2.11. The molecule has 1 rings (SSSR count). The summed E-state index contributed by atoms with van der Waals surface area (Å²) in [7, 11) is 0. The lowest BCUT2D eigenvalue weighted by Gasteiger charge is -2.06. The molecule has 1 aromatic carbocycles. The van der Waals surface area contributed by atoms with Crippen molar-refractivity contribution in [3.05, 3.63) is 30.1 Å². The zero-order valence-corrected chi connectivity index (χ0v) is 9.82. The topological polar surface area (TPSA) is 81.4 Å². The summed E-state index contributed by atoms with van der Waals surface area (Å²) in [6.07, 6.45) is 0.626. The van der Waals surface area contributed by atoms with Crippen molar-refractivity contribution in [1.29, 1.82) is 0 Å². The number of halogens is 1. The molecular weight excluding hydrogens is 239 g/mol. The maximum atomic E-state index is 13.1. The van der Waals surface area contributed by atoms with Crippen LogP contribution in [-0.4, -0.2) is 25.0 Å². The van der Waals surface area contributed by atoms with E-state index in [2.05, 4.69) is 5.32 Å². The van der Waals surface area contributed by atoms with Crippen LogP contribution in [0.15, 0.2) is 24.3 Å². The van der Waals surface area contributed by atoms with Gasteiger partial charge in [0.25, 0.3) is 0 Å². The van der Waals surface area contributed by atoms with Crippen molar-refractivity contribution in [2.75, 3.05) is 13.2 Å². The number of para-hydroxylation sites is 1. The largest absolute Gasteiger partial charge is 0.491 e. The monoisotopic (exact) mass is 254 g/mol. The Kier molecular flexibility index (Phi) is 5.63. The number of primary amides is 1. The normalized spacial score (nSPS) is 9.83. The maximum absolute atomic E-state index is 13.1. The summed E-state index contributed by atoms with van der Waals surface area (Å²) in [6.45, 7) is 0.0535. The van der Waals surface area contributed by atoms with Gasteiger partial charge in [0.2, 0.25) is 11.8 Å². The fourth-order valence-corrected chi connectivity index (χ4v) is 1.25. The van der Waals surface area contributed by atoms with Crippen molar-refractivity contribution < 1.29 is 18.7 Å². The number of benzene rings is 1. The van der Waals surface area contributed by atoms with Gasteiger partial charge in [-0.15, -0.1) is 0 Å². The number of carbonyl (C=O) groups is 2. The van der Waals surface area contributed by atoms with E-state index >= 15 is 0 Å². The van der Waals surface area contributed by atoms with E-state index in [0.717, 1.165) is 0 Å². The number of hydrogen-bond donors (Lipinski definition) is 2. The van der Waals surface area contributed by atoms with Gasteiger partial charge in [0.15, 0.2) is 11.6 Å². The Labute approximate surface area is 104 Å². The molecule has 3 N–H and O–H groups in total. The Morgan fingerprint density at radius 2 is 2.06 bits per heavy atom. The minimum absolute atomic E-state index is 0.162. The van der Waals surface area contributed by atoms with Crippen molar-refractivity contribution in [2.45, 2.75) is 12.8 Å². The molecule has 0 atom stereocenters. The summed E-state index contributed by atoms with van der Waals surface area (Å²) in [4.78, 5) is 21.6. The second-order valence-electron chi connectivity index (χ2n) is 3.63. The van der Waals surface area contributed by atoms with Gasteiger partial charge in [-0.2, -0.15) is 0 Å². The van der Waals surface area contributed by atoms with E-state index < -0.39 is 11.7 Å². The van der Waals surface area contributed by atoms with Crippen LogP contribution >= 0.6 is 0 Å². The first-order valence-corrected chi connectivity index (χ1v) is 5.52. The molecule has 0 aromatic heterocycles. The van der Waals surface area contributed by atoms with Crippen LogP contribution in [0.4, 0.5) is 4.39 Å². The van der Waals surface area contributed by atoms with E-state index in [0.29, 0.717) is 6.42 Å². The Morgan fingerprint density at radius 1 is 1.33 bits per heavy atom. The van der Waals surface area contributed by atoms with Crippen molar-refractivity contribution >= 4 is 11.8 Å². The molecular formula is C12H15FN2O3. The van der Waals surface area contributed by atoms with Gasteiger partial charge in [-0.25, -0.2) is 4.39 Å². The summed E-state index contributed by atoms with van der Waals surface area (Å²) in [5.74, 6) is -1.15. The van der Waals surface area contributed by atoms with E-state index in [1.807, 2.05) is 0 Å². The second-order valence-corrected chi connectivity index (χ2v) is 3.63. The number of carbonyl (C=O) groups excluding carboxylic acids is 2. The number of rotatable bonds is 7. The van der Waals surface area contributed by atoms with Crippen molar-refractivity contribution in [1.82, 2.24) is 5.32 Å². The maximum Gasteiger partial charge on any atom is 0.236 e. The van der Waals surface area contributed by atoms with Crippen LogP contribution in [0, 0.1) is 5.82 Å². The Morgan fingerprint density at radius 3 is 2.72 bits per heavy atom. The van der Waals surface area contributed by atoms with E-state index in [4.69, 9.17) is 10.5 Å². The summed E-state index contributed by atoms with van der Waals surface area (Å²) in [5, 5.41) is 2.35. The lowest BCUT2D eigenvalue weighted by Crippen LogP contribution is -2.33. The van der Waals surface area contributed by atoms with Gasteiger partial charge in [-0.3, -0.25) is 9.59 Å². The average Bonchev–Trinajstić information content (AvgIpc) is 2.34. The zero-order chi connectivity index (χ0) is 13.4. The third kappa shape index (κ3) is 5.29. The van der Waals surface area contributed by atoms with Gasteiger partial charge in [-0.05, 0) is 18.6 Å². The molecule has 1 aromatic rings. The minimum Gasteiger partial charge on any atom is -0.491 e. The molecule has 0 unspecified atom stereocenters. The minimum atomic E-state index is -0.592. The first-order chi connectivity index (χ1) is 8.59. The summed E-state index contributed by atoms with van der Waals surface area (Å²) < 4.78 is 18.3. The van der Waals surface area contributed by atoms with Gasteiger partial charge >= 0.3 is 0 Å². The predicted molar refractivity (Wildman–Crippen MR) is 63.3 cm³/mol. The zero-order valence-electron chi connectivity index (χ0n) is 9.82. The first kappa shape index (κ1) is 14.0. The molecule has 0 fully saturated rings. The fourth-order valence-electron chi connectivity index (χ4n) is 1.25. The smallest absolute Gasteiger partial charge is 0.236 e. The first-order valence-electron chi connectivity index (χ1n) is 5.52. The third-order valence-electron chi connectivity index (χ3n) is 2.10. The van der Waals surface area contributed by atoms with E-state index in [1.165, 1.54) is 12.1 Å². The number of nitrogens with two attached hydrogens (primary N) is 1. The highest BCUT2D eigenvalue weighted by molar-refractivity contribution is 5.83. The van der Waals surface area contributed by atoms with Crippen LogP contribution in [0.1, 0.15) is 12.8 Å². The quantitative estimate of drug-likeness (QED) is 0.698. The second kappa shape index (κ2) is 7.26. The average molecular weight is 254 g/mol. The van der Waals surface area contributed by atoms with Gasteiger partial charge < -0.3 is 15.8 Å². The molecule has 2 amide bonds. The molecule has 18 heavy (non-hydrogen) atoms. The van der Waals surface area contributed by atoms with Crippen molar-refractivity contribution in [3.8, 4) is 5.75 Å². The molecule has 0 saturated carbocycles. The van der Waals surface area contributed by atoms with Gasteiger partial charge in [0.05, 0.1) is 13.2 Å². The molecule has 0 aliphatic heterocycles. The van der Waals surface area contributed by atoms with Gasteiger partial charge in [0, 0.05) is 6.42 Å². The lowest BCUT2D eigenvalue weighted by atomic mass is 10.3. The van der Waals surface area contributed by atoms with Crippen molar-refractivity contribution in [2.24, 2.45) is 5.73 Å².